The first kappa shape index (κ1) is 31.6. The van der Waals surface area contributed by atoms with Crippen molar-refractivity contribution in [3.05, 3.63) is 71.8 Å². The topological polar surface area (TPSA) is 87.7 Å². The van der Waals surface area contributed by atoms with Gasteiger partial charge in [-0.05, 0) is 75.3 Å². The third-order valence-electron chi connectivity index (χ3n) is 6.16. The minimum Gasteiger partial charge on any atom is -0.444 e. The Morgan fingerprint density at radius 2 is 1.77 bits per heavy atom. The summed E-state index contributed by atoms with van der Waals surface area (Å²) < 4.78 is 5.46. The Morgan fingerprint density at radius 1 is 1.08 bits per heavy atom. The van der Waals surface area contributed by atoms with E-state index in [1.54, 1.807) is 31.7 Å². The number of hydrogen-bond acceptors (Lipinski definition) is 4. The van der Waals surface area contributed by atoms with Crippen LogP contribution >= 0.6 is 0 Å². The molecule has 2 atom stereocenters. The molecule has 39 heavy (non-hydrogen) atoms. The van der Waals surface area contributed by atoms with E-state index in [1.165, 1.54) is 0 Å². The monoisotopic (exact) mass is 535 g/mol. The van der Waals surface area contributed by atoms with E-state index in [0.29, 0.717) is 30.6 Å². The Balaban J connectivity index is 2.57. The molecule has 0 aromatic heterocycles. The largest absolute Gasteiger partial charge is 0.444 e. The summed E-state index contributed by atoms with van der Waals surface area (Å²) in [6, 6.07) is 13.2. The molecular weight excluding hydrogens is 490 g/mol. The number of aryl methyl sites for hydroxylation is 1. The van der Waals surface area contributed by atoms with E-state index in [0.717, 1.165) is 17.5 Å². The summed E-state index contributed by atoms with van der Waals surface area (Å²) in [4.78, 5) is 42.6. The lowest BCUT2D eigenvalue weighted by Crippen LogP contribution is -2.53. The van der Waals surface area contributed by atoms with Gasteiger partial charge in [-0.25, -0.2) is 4.79 Å². The van der Waals surface area contributed by atoms with E-state index in [2.05, 4.69) is 17.2 Å². The number of anilines is 1. The molecule has 7 heteroatoms. The highest BCUT2D eigenvalue weighted by molar-refractivity contribution is 5.99. The number of rotatable bonds is 12. The van der Waals surface area contributed by atoms with Crippen molar-refractivity contribution < 1.29 is 19.1 Å². The van der Waals surface area contributed by atoms with Gasteiger partial charge in [0.25, 0.3) is 5.91 Å². The van der Waals surface area contributed by atoms with Gasteiger partial charge in [-0.15, -0.1) is 0 Å². The van der Waals surface area contributed by atoms with Gasteiger partial charge >= 0.3 is 6.09 Å². The Morgan fingerprint density at radius 3 is 2.36 bits per heavy atom. The lowest BCUT2D eigenvalue weighted by molar-refractivity contribution is -0.141. The Labute approximate surface area is 234 Å². The SMILES string of the molecule is C=Cc1cccc(C(C(=O)Nc2ccccc2C)N(CCCC)C(=O)C(CC(C)C)NC(=O)OC(C)(C)C)c1. The van der Waals surface area contributed by atoms with Crippen LogP contribution in [0.25, 0.3) is 6.08 Å². The lowest BCUT2D eigenvalue weighted by Gasteiger charge is -2.35. The fraction of sp³-hybridized carbons (Fsp3) is 0.469. The molecule has 2 unspecified atom stereocenters. The molecule has 2 aromatic rings. The van der Waals surface area contributed by atoms with Gasteiger partial charge in [0.05, 0.1) is 0 Å². The Bertz CT molecular complexity index is 1140. The van der Waals surface area contributed by atoms with Crippen molar-refractivity contribution >= 4 is 29.7 Å². The molecule has 0 saturated heterocycles. The maximum atomic E-state index is 14.2. The molecule has 0 fully saturated rings. The summed E-state index contributed by atoms with van der Waals surface area (Å²) in [5.74, 6) is -0.530. The van der Waals surface area contributed by atoms with Gasteiger partial charge in [-0.2, -0.15) is 0 Å². The number of para-hydroxylation sites is 1. The third kappa shape index (κ3) is 9.89. The molecule has 0 aliphatic heterocycles. The van der Waals surface area contributed by atoms with Crippen LogP contribution in [0.5, 0.6) is 0 Å². The summed E-state index contributed by atoms with van der Waals surface area (Å²) in [6.45, 7) is 17.5. The highest BCUT2D eigenvalue weighted by atomic mass is 16.6. The maximum Gasteiger partial charge on any atom is 0.408 e. The van der Waals surface area contributed by atoms with E-state index >= 15 is 0 Å². The number of nitrogens with zero attached hydrogens (tertiary/aromatic N) is 1. The number of amides is 3. The van der Waals surface area contributed by atoms with Crippen LogP contribution in [0.4, 0.5) is 10.5 Å². The Hall–Kier alpha value is -3.61. The van der Waals surface area contributed by atoms with Crippen molar-refractivity contribution in [1.82, 2.24) is 10.2 Å². The molecule has 0 heterocycles. The van der Waals surface area contributed by atoms with Crippen LogP contribution in [0, 0.1) is 12.8 Å². The molecule has 0 spiro atoms. The fourth-order valence-electron chi connectivity index (χ4n) is 4.28. The van der Waals surface area contributed by atoms with Gasteiger partial charge in [0, 0.05) is 12.2 Å². The number of nitrogens with one attached hydrogen (secondary N) is 2. The predicted octanol–water partition coefficient (Wildman–Crippen LogP) is 6.89. The summed E-state index contributed by atoms with van der Waals surface area (Å²) in [5.41, 5.74) is 2.40. The number of unbranched alkanes of at least 4 members (excludes halogenated alkanes) is 1. The first-order chi connectivity index (χ1) is 18.4. The third-order valence-corrected chi connectivity index (χ3v) is 6.16. The normalized spacial score (nSPS) is 12.8. The first-order valence-corrected chi connectivity index (χ1v) is 13.7. The predicted molar refractivity (Wildman–Crippen MR) is 158 cm³/mol. The molecule has 0 aliphatic carbocycles. The second-order valence-electron chi connectivity index (χ2n) is 11.3. The van der Waals surface area contributed by atoms with Gasteiger partial charge in [-0.1, -0.05) is 76.2 Å². The zero-order valence-electron chi connectivity index (χ0n) is 24.5. The molecule has 0 radical (unpaired) electrons. The second-order valence-corrected chi connectivity index (χ2v) is 11.3. The quantitative estimate of drug-likeness (QED) is 0.310. The van der Waals surface area contributed by atoms with Crippen molar-refractivity contribution in [2.45, 2.75) is 85.4 Å². The number of carbonyl (C=O) groups excluding carboxylic acids is 3. The number of carbonyl (C=O) groups is 3. The van der Waals surface area contributed by atoms with Gasteiger partial charge in [0.15, 0.2) is 0 Å². The summed E-state index contributed by atoms with van der Waals surface area (Å²) in [5, 5.41) is 5.83. The van der Waals surface area contributed by atoms with Crippen LogP contribution in [0.1, 0.15) is 83.5 Å². The van der Waals surface area contributed by atoms with E-state index < -0.39 is 23.8 Å². The highest BCUT2D eigenvalue weighted by Crippen LogP contribution is 2.27. The molecule has 0 bridgehead atoms. The fourth-order valence-corrected chi connectivity index (χ4v) is 4.28. The van der Waals surface area contributed by atoms with E-state index in [9.17, 15) is 14.4 Å². The van der Waals surface area contributed by atoms with Crippen molar-refractivity contribution in [2.75, 3.05) is 11.9 Å². The van der Waals surface area contributed by atoms with E-state index in [4.69, 9.17) is 4.74 Å². The number of hydrogen-bond donors (Lipinski definition) is 2. The first-order valence-electron chi connectivity index (χ1n) is 13.7. The summed E-state index contributed by atoms with van der Waals surface area (Å²) >= 11 is 0. The minimum absolute atomic E-state index is 0.116. The molecule has 0 saturated carbocycles. The van der Waals surface area contributed by atoms with Crippen molar-refractivity contribution in [3.8, 4) is 0 Å². The smallest absolute Gasteiger partial charge is 0.408 e. The number of alkyl carbamates (subject to hydrolysis) is 1. The van der Waals surface area contributed by atoms with Crippen LogP contribution in [-0.2, 0) is 14.3 Å². The molecule has 2 aromatic carbocycles. The summed E-state index contributed by atoms with van der Waals surface area (Å²) in [6.07, 6.45) is 2.98. The average Bonchev–Trinajstić information content (AvgIpc) is 2.85. The van der Waals surface area contributed by atoms with Crippen LogP contribution in [0.15, 0.2) is 55.1 Å². The standard InChI is InChI=1S/C32H45N3O4/c1-9-11-19-35(30(37)27(20-22(3)4)34-31(38)39-32(6,7)8)28(25-17-14-16-24(10-2)21-25)29(36)33-26-18-13-12-15-23(26)5/h10,12-18,21-22,27-28H,2,9,11,19-20H2,1,3-8H3,(H,33,36)(H,34,38). The number of ether oxygens (including phenoxy) is 1. The average molecular weight is 536 g/mol. The molecule has 212 valence electrons. The van der Waals surface area contributed by atoms with Crippen molar-refractivity contribution in [3.63, 3.8) is 0 Å². The molecular formula is C32H45N3O4. The summed E-state index contributed by atoms with van der Waals surface area (Å²) in [7, 11) is 0. The highest BCUT2D eigenvalue weighted by Gasteiger charge is 2.36. The molecule has 3 amide bonds. The number of benzene rings is 2. The van der Waals surface area contributed by atoms with Crippen LogP contribution < -0.4 is 10.6 Å². The zero-order valence-corrected chi connectivity index (χ0v) is 24.5. The van der Waals surface area contributed by atoms with Crippen LogP contribution in [0.2, 0.25) is 0 Å². The van der Waals surface area contributed by atoms with Gasteiger partial charge < -0.3 is 20.3 Å². The molecule has 7 nitrogen and oxygen atoms in total. The van der Waals surface area contributed by atoms with Gasteiger partial charge in [-0.3, -0.25) is 9.59 Å². The van der Waals surface area contributed by atoms with Crippen molar-refractivity contribution in [1.29, 1.82) is 0 Å². The van der Waals surface area contributed by atoms with Gasteiger partial charge in [0.1, 0.15) is 17.7 Å². The van der Waals surface area contributed by atoms with E-state index in [1.807, 2.05) is 76.2 Å². The lowest BCUT2D eigenvalue weighted by atomic mass is 9.97. The maximum absolute atomic E-state index is 14.2. The molecule has 2 N–H and O–H groups in total. The van der Waals surface area contributed by atoms with Gasteiger partial charge in [0.2, 0.25) is 5.91 Å². The van der Waals surface area contributed by atoms with E-state index in [-0.39, 0.29) is 17.7 Å². The van der Waals surface area contributed by atoms with Crippen LogP contribution in [-0.4, -0.2) is 41.0 Å². The van der Waals surface area contributed by atoms with Crippen molar-refractivity contribution in [2.24, 2.45) is 5.92 Å². The zero-order chi connectivity index (χ0) is 29.2. The Kier molecular flexibility index (Phi) is 11.8. The van der Waals surface area contributed by atoms with Crippen LogP contribution in [0.3, 0.4) is 0 Å². The second kappa shape index (κ2) is 14.5. The molecule has 2 rings (SSSR count). The minimum atomic E-state index is -0.918. The molecule has 0 aliphatic rings.